The average Bonchev–Trinajstić information content (AvgIpc) is 2.94. The summed E-state index contributed by atoms with van der Waals surface area (Å²) in [5.74, 6) is 0. The maximum Gasteiger partial charge on any atom is 4.00 e. The van der Waals surface area contributed by atoms with Crippen LogP contribution in [0.1, 0.15) is 6.42 Å². The van der Waals surface area contributed by atoms with Gasteiger partial charge >= 0.3 is 26.2 Å². The second-order valence-corrected chi connectivity index (χ2v) is 6.63. The molecule has 102 valence electrons. The van der Waals surface area contributed by atoms with E-state index < -0.39 is 0 Å². The van der Waals surface area contributed by atoms with E-state index in [0.29, 0.717) is 0 Å². The van der Waals surface area contributed by atoms with Crippen molar-refractivity contribution in [1.82, 2.24) is 0 Å². The summed E-state index contributed by atoms with van der Waals surface area (Å²) >= 11 is 0. The molecule has 0 radical (unpaired) electrons. The molecule has 0 nitrogen and oxygen atoms in total. The predicted octanol–water partition coefficient (Wildman–Crippen LogP) is -1.31. The normalized spacial score (nSPS) is 17.8. The molecular weight excluding hydrogens is 385 g/mol. The fraction of sp³-hybridized carbons (Fsp3) is 0.188. The van der Waals surface area contributed by atoms with Crippen LogP contribution in [0, 0.1) is 6.08 Å². The number of hydrogen-bond acceptors (Lipinski definition) is 0. The van der Waals surface area contributed by atoms with E-state index in [1.54, 1.807) is 10.9 Å². The Labute approximate surface area is 153 Å². The summed E-state index contributed by atoms with van der Waals surface area (Å²) in [6.45, 7) is 2.33. The number of fused-ring (bicyclic) bond motifs is 2. The summed E-state index contributed by atoms with van der Waals surface area (Å²) in [5, 5.41) is 4.23. The maximum absolute atomic E-state index is 3.36. The Morgan fingerprint density at radius 2 is 1.90 bits per heavy atom. The van der Waals surface area contributed by atoms with Gasteiger partial charge in [0.15, 0.2) is 0 Å². The Hall–Kier alpha value is 0.203. The second kappa shape index (κ2) is 9.27. The molecule has 0 saturated carbocycles. The third kappa shape index (κ3) is 4.35. The van der Waals surface area contributed by atoms with Crippen molar-refractivity contribution in [1.29, 1.82) is 0 Å². The van der Waals surface area contributed by atoms with Crippen molar-refractivity contribution in [3.05, 3.63) is 65.5 Å². The van der Waals surface area contributed by atoms with Gasteiger partial charge in [0, 0.05) is 0 Å². The molecule has 1 aliphatic carbocycles. The number of halogens is 2. The van der Waals surface area contributed by atoms with Gasteiger partial charge in [0.1, 0.15) is 0 Å². The van der Waals surface area contributed by atoms with E-state index in [-0.39, 0.29) is 58.9 Å². The molecule has 4 rings (SSSR count). The van der Waals surface area contributed by atoms with E-state index >= 15 is 0 Å². The van der Waals surface area contributed by atoms with Crippen LogP contribution in [0.5, 0.6) is 0 Å². The van der Waals surface area contributed by atoms with Crippen molar-refractivity contribution in [3.8, 4) is 0 Å². The Morgan fingerprint density at radius 1 is 1.15 bits per heavy atom. The van der Waals surface area contributed by atoms with Crippen molar-refractivity contribution in [2.45, 2.75) is 6.42 Å². The molecule has 0 spiro atoms. The minimum atomic E-state index is 0. The van der Waals surface area contributed by atoms with Crippen molar-refractivity contribution in [3.63, 3.8) is 0 Å². The van der Waals surface area contributed by atoms with Crippen molar-refractivity contribution in [2.75, 3.05) is 12.8 Å². The Balaban J connectivity index is 0.000000315. The third-order valence-corrected chi connectivity index (χ3v) is 5.28. The van der Waals surface area contributed by atoms with E-state index in [4.69, 9.17) is 0 Å². The van der Waals surface area contributed by atoms with Crippen molar-refractivity contribution in [2.24, 2.45) is 0 Å². The van der Waals surface area contributed by atoms with E-state index in [1.165, 1.54) is 16.9 Å². The number of rotatable bonds is 0. The molecule has 0 aromatic heterocycles. The summed E-state index contributed by atoms with van der Waals surface area (Å²) in [4.78, 5) is 0. The molecule has 20 heavy (non-hydrogen) atoms. The molecule has 2 aromatic carbocycles. The van der Waals surface area contributed by atoms with Crippen molar-refractivity contribution >= 4 is 18.7 Å². The zero-order valence-electron chi connectivity index (χ0n) is 11.2. The van der Waals surface area contributed by atoms with Gasteiger partial charge in [0.05, 0.1) is 0 Å². The molecule has 4 heteroatoms. The van der Waals surface area contributed by atoms with Gasteiger partial charge in [0.25, 0.3) is 0 Å². The van der Waals surface area contributed by atoms with Gasteiger partial charge in [-0.2, -0.15) is 34.5 Å². The van der Waals surface area contributed by atoms with Crippen LogP contribution in [0.25, 0.3) is 10.8 Å². The summed E-state index contributed by atoms with van der Waals surface area (Å²) in [7, 11) is 0.279. The molecule has 1 heterocycles. The van der Waals surface area contributed by atoms with Crippen LogP contribution < -0.4 is 24.8 Å². The first-order chi connectivity index (χ1) is 8.34. The summed E-state index contributed by atoms with van der Waals surface area (Å²) in [6, 6.07) is 14.7. The van der Waals surface area contributed by atoms with E-state index in [9.17, 15) is 0 Å². The fourth-order valence-corrected chi connectivity index (χ4v) is 4.02. The van der Waals surface area contributed by atoms with Crippen LogP contribution in [-0.4, -0.2) is 12.8 Å². The summed E-state index contributed by atoms with van der Waals surface area (Å²) in [5.41, 5.74) is 1.60. The Kier molecular flexibility index (Phi) is 9.36. The number of benzene rings is 1. The van der Waals surface area contributed by atoms with Gasteiger partial charge in [-0.15, -0.1) is 44.0 Å². The SMILES string of the molecule is CP1CC2=CC[C-]=C21.[Cl-].[Cl-].[Zr+4].c1ccc2[cH-]ccc2c1. The first kappa shape index (κ1) is 20.2. The Bertz CT molecular complexity index is 571. The van der Waals surface area contributed by atoms with E-state index in [0.717, 1.165) is 6.42 Å². The molecule has 1 unspecified atom stereocenters. The number of allylic oxidation sites excluding steroid dienone is 4. The largest absolute Gasteiger partial charge is 4.00 e. The topological polar surface area (TPSA) is 0 Å². The van der Waals surface area contributed by atoms with Gasteiger partial charge in [0.2, 0.25) is 0 Å². The molecular formula is C16H15Cl2PZr. The van der Waals surface area contributed by atoms with Crippen LogP contribution in [0.15, 0.2) is 59.4 Å². The first-order valence-corrected chi connectivity index (χ1v) is 7.94. The van der Waals surface area contributed by atoms with Gasteiger partial charge in [-0.25, -0.2) is 0 Å². The molecule has 0 amide bonds. The summed E-state index contributed by atoms with van der Waals surface area (Å²) < 4.78 is 0. The van der Waals surface area contributed by atoms with Gasteiger partial charge in [-0.3, -0.25) is 6.08 Å². The molecule has 1 aliphatic heterocycles. The third-order valence-electron chi connectivity index (χ3n) is 3.26. The Morgan fingerprint density at radius 3 is 2.50 bits per heavy atom. The second-order valence-electron chi connectivity index (χ2n) is 4.47. The van der Waals surface area contributed by atoms with Gasteiger partial charge in [-0.05, 0) is 6.66 Å². The minimum Gasteiger partial charge on any atom is -1.00 e. The standard InChI is InChI=1S/C9H7.C7H8P.2ClH.Zr/c1-2-5-9-7-3-6-8(9)4-1;1-8-5-6-3-2-4-7(6)8;;;/h1-7H;3H,2,5H2,1H3;2*1H;/q2*-1;;;+4/p-2. The molecule has 1 saturated heterocycles. The van der Waals surface area contributed by atoms with Crippen molar-refractivity contribution < 1.29 is 51.0 Å². The maximum atomic E-state index is 3.36. The zero-order valence-corrected chi connectivity index (χ0v) is 16.1. The monoisotopic (exact) mass is 398 g/mol. The predicted molar refractivity (Wildman–Crippen MR) is 76.7 cm³/mol. The van der Waals surface area contributed by atoms with Gasteiger partial charge in [-0.1, -0.05) is 12.2 Å². The zero-order chi connectivity index (χ0) is 11.7. The molecule has 0 bridgehead atoms. The molecule has 0 N–H and O–H groups in total. The molecule has 2 aliphatic rings. The van der Waals surface area contributed by atoms with Gasteiger partial charge < -0.3 is 24.8 Å². The van der Waals surface area contributed by atoms with E-state index in [1.807, 2.05) is 0 Å². The van der Waals surface area contributed by atoms with Crippen LogP contribution in [0.4, 0.5) is 0 Å². The summed E-state index contributed by atoms with van der Waals surface area (Å²) in [6.07, 6.45) is 8.13. The van der Waals surface area contributed by atoms with Crippen LogP contribution in [0.2, 0.25) is 0 Å². The average molecular weight is 400 g/mol. The number of hydrogen-bond donors (Lipinski definition) is 0. The molecule has 2 aromatic rings. The molecule has 1 atom stereocenters. The fourth-order valence-electron chi connectivity index (χ4n) is 2.31. The van der Waals surface area contributed by atoms with E-state index in [2.05, 4.69) is 61.3 Å². The minimum absolute atomic E-state index is 0. The van der Waals surface area contributed by atoms with Crippen LogP contribution in [0.3, 0.4) is 0 Å². The van der Waals surface area contributed by atoms with Crippen LogP contribution in [-0.2, 0) is 26.2 Å². The first-order valence-electron chi connectivity index (χ1n) is 5.96. The van der Waals surface area contributed by atoms with Crippen LogP contribution >= 0.6 is 7.92 Å². The quantitative estimate of drug-likeness (QED) is 0.381. The molecule has 1 fully saturated rings. The smallest absolute Gasteiger partial charge is 1.00 e.